The lowest BCUT2D eigenvalue weighted by molar-refractivity contribution is -0.117. The molecule has 0 unspecified atom stereocenters. The number of nitrogens with one attached hydrogen (secondary N) is 2. The van der Waals surface area contributed by atoms with E-state index in [1.807, 2.05) is 44.2 Å². The fourth-order valence-corrected chi connectivity index (χ4v) is 4.39. The number of allylic oxidation sites excluding steroid dienone is 3. The van der Waals surface area contributed by atoms with Crippen LogP contribution >= 0.6 is 0 Å². The molecule has 6 heteroatoms. The highest BCUT2D eigenvalue weighted by Crippen LogP contribution is 2.43. The fourth-order valence-electron chi connectivity index (χ4n) is 4.39. The van der Waals surface area contributed by atoms with Gasteiger partial charge in [-0.25, -0.2) is 4.98 Å². The SMILES string of the molecule is COc1ccc([C@@H]2C(C(=O)Nc3ccc(C)cn3)=C(C)NC3=C2C(=O)C[C@H](C)C3)cc1. The molecule has 0 bridgehead atoms. The van der Waals surface area contributed by atoms with Gasteiger partial charge in [-0.3, -0.25) is 9.59 Å². The van der Waals surface area contributed by atoms with Gasteiger partial charge in [0.25, 0.3) is 5.91 Å². The number of ketones is 1. The third-order valence-corrected chi connectivity index (χ3v) is 5.88. The van der Waals surface area contributed by atoms with Gasteiger partial charge in [-0.15, -0.1) is 0 Å². The summed E-state index contributed by atoms with van der Waals surface area (Å²) >= 11 is 0. The highest BCUT2D eigenvalue weighted by molar-refractivity contribution is 6.09. The number of anilines is 1. The Bertz CT molecular complexity index is 1080. The molecule has 0 saturated heterocycles. The van der Waals surface area contributed by atoms with Gasteiger partial charge in [-0.05, 0) is 55.5 Å². The van der Waals surface area contributed by atoms with Crippen molar-refractivity contribution in [1.29, 1.82) is 0 Å². The molecule has 2 aliphatic rings. The molecule has 31 heavy (non-hydrogen) atoms. The predicted molar refractivity (Wildman–Crippen MR) is 120 cm³/mol. The maximum atomic E-state index is 13.4. The lowest BCUT2D eigenvalue weighted by Crippen LogP contribution is -2.37. The Morgan fingerprint density at radius 2 is 1.87 bits per heavy atom. The lowest BCUT2D eigenvalue weighted by Gasteiger charge is -2.36. The number of nitrogens with zero attached hydrogens (tertiary/aromatic N) is 1. The fraction of sp³-hybridized carbons (Fsp3) is 0.320. The zero-order chi connectivity index (χ0) is 22.1. The molecule has 4 rings (SSSR count). The molecule has 2 N–H and O–H groups in total. The summed E-state index contributed by atoms with van der Waals surface area (Å²) in [7, 11) is 1.61. The van der Waals surface area contributed by atoms with Crippen molar-refractivity contribution in [3.8, 4) is 5.75 Å². The highest BCUT2D eigenvalue weighted by Gasteiger charge is 2.39. The van der Waals surface area contributed by atoms with Crippen molar-refractivity contribution in [1.82, 2.24) is 10.3 Å². The first kappa shape index (κ1) is 20.8. The van der Waals surface area contributed by atoms with Crippen LogP contribution in [0.3, 0.4) is 0 Å². The van der Waals surface area contributed by atoms with E-state index in [1.165, 1.54) is 0 Å². The summed E-state index contributed by atoms with van der Waals surface area (Å²) in [5.41, 5.74) is 4.81. The maximum Gasteiger partial charge on any atom is 0.255 e. The lowest BCUT2D eigenvalue weighted by atomic mass is 9.73. The van der Waals surface area contributed by atoms with Crippen molar-refractivity contribution in [2.45, 2.75) is 39.5 Å². The van der Waals surface area contributed by atoms with Gasteiger partial charge in [0, 0.05) is 41.1 Å². The molecule has 1 amide bonds. The van der Waals surface area contributed by atoms with Crippen LogP contribution in [0.2, 0.25) is 0 Å². The van der Waals surface area contributed by atoms with Gasteiger partial charge < -0.3 is 15.4 Å². The second-order valence-corrected chi connectivity index (χ2v) is 8.37. The van der Waals surface area contributed by atoms with Crippen LogP contribution in [-0.4, -0.2) is 23.8 Å². The van der Waals surface area contributed by atoms with Crippen LogP contribution in [0, 0.1) is 12.8 Å². The van der Waals surface area contributed by atoms with Crippen molar-refractivity contribution in [2.24, 2.45) is 5.92 Å². The van der Waals surface area contributed by atoms with Gasteiger partial charge in [-0.2, -0.15) is 0 Å². The van der Waals surface area contributed by atoms with E-state index >= 15 is 0 Å². The van der Waals surface area contributed by atoms with Crippen LogP contribution in [0.4, 0.5) is 5.82 Å². The molecular formula is C25H27N3O3. The molecule has 2 heterocycles. The van der Waals surface area contributed by atoms with Crippen LogP contribution in [0.1, 0.15) is 43.7 Å². The zero-order valence-corrected chi connectivity index (χ0v) is 18.3. The number of ether oxygens (including phenoxy) is 1. The first-order chi connectivity index (χ1) is 14.9. The Kier molecular flexibility index (Phi) is 5.63. The van der Waals surface area contributed by atoms with Gasteiger partial charge in [0.2, 0.25) is 0 Å². The van der Waals surface area contributed by atoms with Crippen LogP contribution < -0.4 is 15.4 Å². The molecule has 6 nitrogen and oxygen atoms in total. The molecule has 1 aliphatic heterocycles. The molecule has 0 fully saturated rings. The second-order valence-electron chi connectivity index (χ2n) is 8.37. The van der Waals surface area contributed by atoms with Gasteiger partial charge in [0.05, 0.1) is 7.11 Å². The number of aromatic nitrogens is 1. The number of methoxy groups -OCH3 is 1. The Morgan fingerprint density at radius 3 is 2.52 bits per heavy atom. The first-order valence-corrected chi connectivity index (χ1v) is 10.5. The summed E-state index contributed by atoms with van der Waals surface area (Å²) < 4.78 is 5.29. The minimum atomic E-state index is -0.437. The number of Topliss-reactive ketones (excluding diaryl/α,β-unsaturated/α-hetero) is 1. The summed E-state index contributed by atoms with van der Waals surface area (Å²) in [6.07, 6.45) is 2.99. The molecule has 1 aliphatic carbocycles. The minimum Gasteiger partial charge on any atom is -0.497 e. The molecule has 2 atom stereocenters. The van der Waals surface area contributed by atoms with Crippen LogP contribution in [0.15, 0.2) is 65.1 Å². The van der Waals surface area contributed by atoms with E-state index in [0.717, 1.165) is 34.7 Å². The van der Waals surface area contributed by atoms with Crippen molar-refractivity contribution >= 4 is 17.5 Å². The molecule has 160 valence electrons. The Hall–Kier alpha value is -3.41. The number of carbonyl (C=O) groups excluding carboxylic acids is 2. The number of aryl methyl sites for hydroxylation is 1. The molecule has 1 aromatic heterocycles. The third kappa shape index (κ3) is 4.10. The van der Waals surface area contributed by atoms with Gasteiger partial charge in [0.1, 0.15) is 11.6 Å². The van der Waals surface area contributed by atoms with Gasteiger partial charge >= 0.3 is 0 Å². The average Bonchev–Trinajstić information content (AvgIpc) is 2.74. The Balaban J connectivity index is 1.77. The first-order valence-electron chi connectivity index (χ1n) is 10.5. The van der Waals surface area contributed by atoms with Crippen molar-refractivity contribution in [3.05, 3.63) is 76.3 Å². The summed E-state index contributed by atoms with van der Waals surface area (Å²) in [5.74, 6) is 0.870. The normalized spacial score (nSPS) is 20.8. The smallest absolute Gasteiger partial charge is 0.255 e. The van der Waals surface area contributed by atoms with E-state index < -0.39 is 5.92 Å². The minimum absolute atomic E-state index is 0.0910. The van der Waals surface area contributed by atoms with Crippen molar-refractivity contribution < 1.29 is 14.3 Å². The molecule has 0 spiro atoms. The molecule has 1 aromatic carbocycles. The largest absolute Gasteiger partial charge is 0.497 e. The summed E-state index contributed by atoms with van der Waals surface area (Å²) in [5, 5.41) is 6.26. The van der Waals surface area contributed by atoms with E-state index in [9.17, 15) is 9.59 Å². The number of amides is 1. The van der Waals surface area contributed by atoms with E-state index in [2.05, 4.69) is 22.5 Å². The average molecular weight is 418 g/mol. The number of carbonyl (C=O) groups is 2. The molecule has 2 aromatic rings. The summed E-state index contributed by atoms with van der Waals surface area (Å²) in [4.78, 5) is 30.8. The third-order valence-electron chi connectivity index (χ3n) is 5.88. The highest BCUT2D eigenvalue weighted by atomic mass is 16.5. The number of hydrogen-bond acceptors (Lipinski definition) is 5. The maximum absolute atomic E-state index is 13.4. The van der Waals surface area contributed by atoms with E-state index in [1.54, 1.807) is 19.4 Å². The molecular weight excluding hydrogens is 390 g/mol. The number of pyridine rings is 1. The quantitative estimate of drug-likeness (QED) is 0.777. The monoisotopic (exact) mass is 417 g/mol. The Morgan fingerprint density at radius 1 is 1.13 bits per heavy atom. The van der Waals surface area contributed by atoms with E-state index in [0.29, 0.717) is 23.4 Å². The van der Waals surface area contributed by atoms with Gasteiger partial charge in [-0.1, -0.05) is 25.1 Å². The summed E-state index contributed by atoms with van der Waals surface area (Å²) in [6, 6.07) is 11.3. The Labute approximate surface area is 182 Å². The standard InChI is InChI=1S/C25H27N3O3/c1-14-5-10-21(26-13-14)28-25(30)22-16(3)27-19-11-15(2)12-20(29)24(19)23(22)17-6-8-18(31-4)9-7-17/h5-10,13,15,23,27H,11-12H2,1-4H3,(H,26,28,30)/t15-,23-/m1/s1. The van der Waals surface area contributed by atoms with E-state index in [4.69, 9.17) is 4.74 Å². The number of rotatable bonds is 4. The molecule has 0 radical (unpaired) electrons. The summed E-state index contributed by atoms with van der Waals surface area (Å²) in [6.45, 7) is 5.91. The van der Waals surface area contributed by atoms with Crippen LogP contribution in [0.5, 0.6) is 5.75 Å². The van der Waals surface area contributed by atoms with Crippen LogP contribution in [-0.2, 0) is 9.59 Å². The second kappa shape index (κ2) is 8.38. The predicted octanol–water partition coefficient (Wildman–Crippen LogP) is 4.25. The number of hydrogen-bond donors (Lipinski definition) is 2. The van der Waals surface area contributed by atoms with E-state index in [-0.39, 0.29) is 17.6 Å². The van der Waals surface area contributed by atoms with Crippen LogP contribution in [0.25, 0.3) is 0 Å². The number of benzene rings is 1. The van der Waals surface area contributed by atoms with Crippen molar-refractivity contribution in [2.75, 3.05) is 12.4 Å². The molecule has 0 saturated carbocycles. The zero-order valence-electron chi connectivity index (χ0n) is 18.3. The van der Waals surface area contributed by atoms with Crippen molar-refractivity contribution in [3.63, 3.8) is 0 Å². The topological polar surface area (TPSA) is 80.3 Å². The van der Waals surface area contributed by atoms with Gasteiger partial charge in [0.15, 0.2) is 5.78 Å². The number of dihydropyridines is 1.